The normalized spacial score (nSPS) is 18.8. The Morgan fingerprint density at radius 2 is 1.76 bits per heavy atom. The molecule has 0 aliphatic carbocycles. The molecule has 14 heteroatoms. The average Bonchev–Trinajstić information content (AvgIpc) is 3.41. The standard InChI is InChI=1S/C19H14N6O7S/c26-16-19(17(27)23-18(28)22-16)7-8-33(29,30)25(19)12-3-6-14(20-9-12)32-13-4-1-11(2-5-13)15-24-21-10-31-15/h1-6,9-10H,7-8H2,(H2,22,23,26,27,28). The van der Waals surface area contributed by atoms with Crippen LogP contribution in [0.4, 0.5) is 10.5 Å². The van der Waals surface area contributed by atoms with Crippen LogP contribution in [0.5, 0.6) is 11.6 Å². The third-order valence-corrected chi connectivity index (χ3v) is 6.99. The van der Waals surface area contributed by atoms with Gasteiger partial charge in [0.15, 0.2) is 0 Å². The van der Waals surface area contributed by atoms with E-state index in [9.17, 15) is 22.8 Å². The van der Waals surface area contributed by atoms with Crippen LogP contribution < -0.4 is 19.7 Å². The molecule has 1 aromatic carbocycles. The van der Waals surface area contributed by atoms with Crippen molar-refractivity contribution in [2.45, 2.75) is 12.0 Å². The number of anilines is 1. The fraction of sp³-hybridized carbons (Fsp3) is 0.158. The molecule has 168 valence electrons. The zero-order chi connectivity index (χ0) is 23.2. The molecule has 0 radical (unpaired) electrons. The first-order valence-corrected chi connectivity index (χ1v) is 11.1. The van der Waals surface area contributed by atoms with E-state index >= 15 is 0 Å². The number of nitrogens with one attached hydrogen (secondary N) is 2. The van der Waals surface area contributed by atoms with Gasteiger partial charge in [-0.3, -0.25) is 20.2 Å². The zero-order valence-corrected chi connectivity index (χ0v) is 17.4. The molecule has 33 heavy (non-hydrogen) atoms. The van der Waals surface area contributed by atoms with Gasteiger partial charge in [0.1, 0.15) is 5.75 Å². The molecule has 1 spiro atoms. The number of nitrogens with zero attached hydrogens (tertiary/aromatic N) is 4. The fourth-order valence-corrected chi connectivity index (χ4v) is 5.58. The van der Waals surface area contributed by atoms with Gasteiger partial charge in [0, 0.05) is 18.1 Å². The van der Waals surface area contributed by atoms with E-state index in [4.69, 9.17) is 9.15 Å². The molecule has 5 rings (SSSR count). The van der Waals surface area contributed by atoms with Crippen LogP contribution in [-0.2, 0) is 19.6 Å². The predicted molar refractivity (Wildman–Crippen MR) is 109 cm³/mol. The van der Waals surface area contributed by atoms with E-state index in [-0.39, 0.29) is 18.0 Å². The second kappa shape index (κ2) is 7.37. The quantitative estimate of drug-likeness (QED) is 0.513. The van der Waals surface area contributed by atoms with Crippen LogP contribution >= 0.6 is 0 Å². The molecule has 4 amide bonds. The SMILES string of the molecule is O=C1NC(=O)C2(CCS(=O)(=O)N2c2ccc(Oc3ccc(-c4nnco4)cc3)nc2)C(=O)N1. The van der Waals surface area contributed by atoms with Crippen LogP contribution in [0.15, 0.2) is 53.4 Å². The molecule has 0 bridgehead atoms. The van der Waals surface area contributed by atoms with Crippen molar-refractivity contribution >= 4 is 33.6 Å². The van der Waals surface area contributed by atoms with E-state index in [0.29, 0.717) is 21.5 Å². The van der Waals surface area contributed by atoms with Crippen molar-refractivity contribution in [1.82, 2.24) is 25.8 Å². The maximum atomic E-state index is 12.7. The van der Waals surface area contributed by atoms with Crippen molar-refractivity contribution in [1.29, 1.82) is 0 Å². The lowest BCUT2D eigenvalue weighted by atomic mass is 9.92. The highest BCUT2D eigenvalue weighted by atomic mass is 32.2. The third-order valence-electron chi connectivity index (χ3n) is 5.19. The molecule has 2 saturated heterocycles. The number of barbiturate groups is 1. The summed E-state index contributed by atoms with van der Waals surface area (Å²) < 4.78 is 36.9. The summed E-state index contributed by atoms with van der Waals surface area (Å²) in [5.74, 6) is -1.55. The number of imide groups is 2. The van der Waals surface area contributed by atoms with Gasteiger partial charge in [-0.1, -0.05) is 0 Å². The lowest BCUT2D eigenvalue weighted by Crippen LogP contribution is -2.71. The summed E-state index contributed by atoms with van der Waals surface area (Å²) in [5.41, 5.74) is -1.44. The van der Waals surface area contributed by atoms with Crippen molar-refractivity contribution in [2.75, 3.05) is 10.1 Å². The van der Waals surface area contributed by atoms with Crippen molar-refractivity contribution in [3.8, 4) is 23.1 Å². The van der Waals surface area contributed by atoms with E-state index in [1.807, 2.05) is 10.6 Å². The van der Waals surface area contributed by atoms with E-state index in [1.165, 1.54) is 24.7 Å². The Bertz CT molecular complexity index is 1330. The number of sulfonamides is 1. The average molecular weight is 470 g/mol. The summed E-state index contributed by atoms with van der Waals surface area (Å²) in [6.45, 7) is 0. The van der Waals surface area contributed by atoms with E-state index < -0.39 is 39.2 Å². The summed E-state index contributed by atoms with van der Waals surface area (Å²) in [6.07, 6.45) is 2.07. The Balaban J connectivity index is 1.41. The molecule has 2 N–H and O–H groups in total. The minimum atomic E-state index is -4.03. The van der Waals surface area contributed by atoms with Gasteiger partial charge >= 0.3 is 6.03 Å². The molecule has 13 nitrogen and oxygen atoms in total. The minimum Gasteiger partial charge on any atom is -0.439 e. The Morgan fingerprint density at radius 3 is 2.36 bits per heavy atom. The number of carbonyl (C=O) groups excluding carboxylic acids is 3. The molecule has 3 aromatic rings. The van der Waals surface area contributed by atoms with Crippen LogP contribution in [0.1, 0.15) is 6.42 Å². The molecule has 0 saturated carbocycles. The molecule has 2 aliphatic heterocycles. The highest BCUT2D eigenvalue weighted by Gasteiger charge is 2.62. The first kappa shape index (κ1) is 20.6. The first-order valence-electron chi connectivity index (χ1n) is 9.50. The third kappa shape index (κ3) is 3.36. The van der Waals surface area contributed by atoms with Gasteiger partial charge < -0.3 is 9.15 Å². The second-order valence-electron chi connectivity index (χ2n) is 7.15. The maximum absolute atomic E-state index is 12.7. The number of benzene rings is 1. The summed E-state index contributed by atoms with van der Waals surface area (Å²) in [4.78, 5) is 40.7. The molecule has 4 heterocycles. The highest BCUT2D eigenvalue weighted by molar-refractivity contribution is 7.93. The number of amides is 4. The Morgan fingerprint density at radius 1 is 1.03 bits per heavy atom. The Hall–Kier alpha value is -4.33. The predicted octanol–water partition coefficient (Wildman–Crippen LogP) is 0.569. The minimum absolute atomic E-state index is 0.0220. The van der Waals surface area contributed by atoms with Crippen LogP contribution in [0.2, 0.25) is 0 Å². The van der Waals surface area contributed by atoms with E-state index in [1.54, 1.807) is 24.3 Å². The monoisotopic (exact) mass is 470 g/mol. The largest absolute Gasteiger partial charge is 0.439 e. The van der Waals surface area contributed by atoms with E-state index in [2.05, 4.69) is 15.2 Å². The van der Waals surface area contributed by atoms with Gasteiger partial charge in [0.2, 0.25) is 33.7 Å². The number of hydrogen-bond acceptors (Lipinski definition) is 10. The smallest absolute Gasteiger partial charge is 0.328 e. The van der Waals surface area contributed by atoms with Gasteiger partial charge in [-0.05, 0) is 30.3 Å². The van der Waals surface area contributed by atoms with Crippen LogP contribution in [0.25, 0.3) is 11.5 Å². The number of hydrogen-bond donors (Lipinski definition) is 2. The number of rotatable bonds is 4. The number of ether oxygens (including phenoxy) is 1. The van der Waals surface area contributed by atoms with Gasteiger partial charge in [0.25, 0.3) is 11.8 Å². The van der Waals surface area contributed by atoms with Crippen molar-refractivity contribution in [3.63, 3.8) is 0 Å². The lowest BCUT2D eigenvalue weighted by molar-refractivity contribution is -0.137. The first-order chi connectivity index (χ1) is 15.8. The maximum Gasteiger partial charge on any atom is 0.328 e. The van der Waals surface area contributed by atoms with Crippen molar-refractivity contribution in [2.24, 2.45) is 0 Å². The molecule has 2 aliphatic rings. The highest BCUT2D eigenvalue weighted by Crippen LogP contribution is 2.39. The van der Waals surface area contributed by atoms with Crippen molar-refractivity contribution < 1.29 is 32.0 Å². The summed E-state index contributed by atoms with van der Waals surface area (Å²) in [5, 5.41) is 11.3. The number of carbonyl (C=O) groups is 3. The van der Waals surface area contributed by atoms with Crippen LogP contribution in [-0.4, -0.2) is 52.7 Å². The van der Waals surface area contributed by atoms with Crippen LogP contribution in [0, 0.1) is 0 Å². The van der Waals surface area contributed by atoms with Gasteiger partial charge in [-0.15, -0.1) is 10.2 Å². The molecule has 2 fully saturated rings. The molecular weight excluding hydrogens is 456 g/mol. The Labute approximate surface area is 185 Å². The second-order valence-corrected chi connectivity index (χ2v) is 9.09. The van der Waals surface area contributed by atoms with Gasteiger partial charge in [-0.25, -0.2) is 22.5 Å². The summed E-state index contributed by atoms with van der Waals surface area (Å²) in [7, 11) is -4.03. The molecular formula is C19H14N6O7S. The zero-order valence-electron chi connectivity index (χ0n) is 16.6. The topological polar surface area (TPSA) is 174 Å². The van der Waals surface area contributed by atoms with Gasteiger partial charge in [-0.2, -0.15) is 0 Å². The van der Waals surface area contributed by atoms with Gasteiger partial charge in [0.05, 0.1) is 17.6 Å². The number of pyridine rings is 1. The van der Waals surface area contributed by atoms with E-state index in [0.717, 1.165) is 0 Å². The van der Waals surface area contributed by atoms with Crippen molar-refractivity contribution in [3.05, 3.63) is 49.0 Å². The fourth-order valence-electron chi connectivity index (χ4n) is 3.68. The summed E-state index contributed by atoms with van der Waals surface area (Å²) in [6, 6.07) is 8.47. The molecule has 2 aromatic heterocycles. The Kier molecular flexibility index (Phi) is 4.59. The lowest BCUT2D eigenvalue weighted by Gasteiger charge is -2.37. The summed E-state index contributed by atoms with van der Waals surface area (Å²) >= 11 is 0. The molecule has 0 atom stereocenters. The number of urea groups is 1. The number of aromatic nitrogens is 3. The van der Waals surface area contributed by atoms with Crippen LogP contribution in [0.3, 0.4) is 0 Å². The molecule has 0 unspecified atom stereocenters.